The van der Waals surface area contributed by atoms with E-state index in [0.717, 1.165) is 5.56 Å². The Hall–Kier alpha value is -2.88. The summed E-state index contributed by atoms with van der Waals surface area (Å²) in [5, 5.41) is 3.56. The van der Waals surface area contributed by atoms with E-state index in [9.17, 15) is 8.42 Å². The summed E-state index contributed by atoms with van der Waals surface area (Å²) < 4.78 is 24.7. The molecule has 0 unspecified atom stereocenters. The van der Waals surface area contributed by atoms with Gasteiger partial charge in [0.05, 0.1) is 4.90 Å². The van der Waals surface area contributed by atoms with Gasteiger partial charge in [0.1, 0.15) is 12.0 Å². The van der Waals surface area contributed by atoms with Crippen LogP contribution in [0.25, 0.3) is 0 Å². The van der Waals surface area contributed by atoms with Gasteiger partial charge in [0, 0.05) is 10.7 Å². The fourth-order valence-electron chi connectivity index (χ4n) is 2.19. The number of nitrogens with one attached hydrogen (secondary N) is 3. The SMILES string of the molecule is Cc1ccc(S(=O)(=O)NNc2ncnc(Nc3cccc(Cl)c3)c2N)cc1. The number of aromatic nitrogens is 2. The van der Waals surface area contributed by atoms with Gasteiger partial charge in [-0.1, -0.05) is 35.4 Å². The van der Waals surface area contributed by atoms with Crippen LogP contribution in [0, 0.1) is 6.92 Å². The first-order valence-corrected chi connectivity index (χ1v) is 9.69. The van der Waals surface area contributed by atoms with Gasteiger partial charge >= 0.3 is 0 Å². The Kier molecular flexibility index (Phi) is 5.45. The zero-order valence-corrected chi connectivity index (χ0v) is 15.8. The second-order valence-electron chi connectivity index (χ2n) is 5.66. The summed E-state index contributed by atoms with van der Waals surface area (Å²) >= 11 is 5.96. The van der Waals surface area contributed by atoms with Gasteiger partial charge in [-0.3, -0.25) is 5.43 Å². The third kappa shape index (κ3) is 4.64. The van der Waals surface area contributed by atoms with Crippen LogP contribution >= 0.6 is 11.6 Å². The third-order valence-corrected chi connectivity index (χ3v) is 5.11. The molecule has 2 aromatic carbocycles. The Balaban J connectivity index is 1.77. The van der Waals surface area contributed by atoms with Crippen molar-refractivity contribution in [3.63, 3.8) is 0 Å². The molecule has 0 aliphatic heterocycles. The normalized spacial score (nSPS) is 11.2. The highest BCUT2D eigenvalue weighted by Crippen LogP contribution is 2.26. The molecule has 0 bridgehead atoms. The van der Waals surface area contributed by atoms with Gasteiger partial charge < -0.3 is 11.1 Å². The van der Waals surface area contributed by atoms with Crippen molar-refractivity contribution in [2.45, 2.75) is 11.8 Å². The van der Waals surface area contributed by atoms with E-state index in [0.29, 0.717) is 16.5 Å². The number of anilines is 4. The van der Waals surface area contributed by atoms with Crippen molar-refractivity contribution >= 4 is 44.6 Å². The third-order valence-electron chi connectivity index (χ3n) is 3.61. The maximum Gasteiger partial charge on any atom is 0.257 e. The van der Waals surface area contributed by atoms with E-state index in [1.54, 1.807) is 36.4 Å². The van der Waals surface area contributed by atoms with E-state index in [2.05, 4.69) is 25.5 Å². The van der Waals surface area contributed by atoms with E-state index in [1.165, 1.54) is 18.5 Å². The number of rotatable bonds is 6. The minimum atomic E-state index is -3.78. The van der Waals surface area contributed by atoms with E-state index < -0.39 is 10.0 Å². The lowest BCUT2D eigenvalue weighted by molar-refractivity contribution is 0.587. The standard InChI is InChI=1S/C17H17ClN6O2S/c1-11-5-7-14(8-6-11)27(25,26)24-23-17-15(19)16(20-10-21-17)22-13-4-2-3-12(18)9-13/h2-10,24H,19H2,1H3,(H2,20,21,22,23). The molecule has 3 aromatic rings. The predicted octanol–water partition coefficient (Wildman–Crippen LogP) is 3.07. The monoisotopic (exact) mass is 404 g/mol. The average molecular weight is 405 g/mol. The molecule has 3 rings (SSSR count). The van der Waals surface area contributed by atoms with Crippen molar-refractivity contribution in [3.8, 4) is 0 Å². The topological polar surface area (TPSA) is 122 Å². The first-order chi connectivity index (χ1) is 12.8. The van der Waals surface area contributed by atoms with Crippen LogP contribution in [-0.2, 0) is 10.0 Å². The summed E-state index contributed by atoms with van der Waals surface area (Å²) in [4.78, 5) is 10.4. The van der Waals surface area contributed by atoms with Gasteiger partial charge in [0.15, 0.2) is 11.6 Å². The fraction of sp³-hybridized carbons (Fsp3) is 0.0588. The molecular weight excluding hydrogens is 388 g/mol. The van der Waals surface area contributed by atoms with Crippen molar-refractivity contribution in [1.82, 2.24) is 14.8 Å². The van der Waals surface area contributed by atoms with E-state index >= 15 is 0 Å². The summed E-state index contributed by atoms with van der Waals surface area (Å²) in [6.07, 6.45) is 1.26. The summed E-state index contributed by atoms with van der Waals surface area (Å²) in [5.74, 6) is 0.425. The van der Waals surface area contributed by atoms with Crippen LogP contribution in [0.5, 0.6) is 0 Å². The van der Waals surface area contributed by atoms with Crippen LogP contribution in [0.3, 0.4) is 0 Å². The van der Waals surface area contributed by atoms with E-state index in [1.807, 2.05) is 6.92 Å². The summed E-state index contributed by atoms with van der Waals surface area (Å²) in [6.45, 7) is 1.87. The predicted molar refractivity (Wildman–Crippen MR) is 106 cm³/mol. The molecule has 0 spiro atoms. The Morgan fingerprint density at radius 2 is 1.74 bits per heavy atom. The number of sulfonamides is 1. The highest BCUT2D eigenvalue weighted by atomic mass is 35.5. The van der Waals surface area contributed by atoms with Crippen molar-refractivity contribution in [2.24, 2.45) is 0 Å². The molecule has 1 heterocycles. The van der Waals surface area contributed by atoms with Crippen LogP contribution in [0.4, 0.5) is 23.0 Å². The first-order valence-electron chi connectivity index (χ1n) is 7.83. The number of hydrogen-bond donors (Lipinski definition) is 4. The number of nitrogens with two attached hydrogens (primary N) is 1. The molecule has 0 aliphatic rings. The Morgan fingerprint density at radius 3 is 2.44 bits per heavy atom. The summed E-state index contributed by atoms with van der Waals surface area (Å²) in [5.41, 5.74) is 10.3. The number of nitrogen functional groups attached to an aromatic ring is 1. The Labute approximate surface area is 161 Å². The van der Waals surface area contributed by atoms with Crippen LogP contribution in [0.15, 0.2) is 59.8 Å². The lowest BCUT2D eigenvalue weighted by Gasteiger charge is -2.13. The second-order valence-corrected chi connectivity index (χ2v) is 7.78. The van der Waals surface area contributed by atoms with Gasteiger partial charge in [-0.05, 0) is 37.3 Å². The van der Waals surface area contributed by atoms with Crippen molar-refractivity contribution in [2.75, 3.05) is 16.5 Å². The molecular formula is C17H17ClN6O2S. The molecule has 0 saturated carbocycles. The average Bonchev–Trinajstić information content (AvgIpc) is 2.63. The Morgan fingerprint density at radius 1 is 1.04 bits per heavy atom. The number of benzene rings is 2. The van der Waals surface area contributed by atoms with Crippen LogP contribution in [0.1, 0.15) is 5.56 Å². The molecule has 27 heavy (non-hydrogen) atoms. The van der Waals surface area contributed by atoms with Gasteiger partial charge in [0.25, 0.3) is 10.0 Å². The smallest absolute Gasteiger partial charge is 0.257 e. The molecule has 140 valence electrons. The summed E-state index contributed by atoms with van der Waals surface area (Å²) in [7, 11) is -3.78. The minimum Gasteiger partial charge on any atom is -0.393 e. The molecule has 0 atom stereocenters. The fourth-order valence-corrected chi connectivity index (χ4v) is 3.22. The van der Waals surface area contributed by atoms with Crippen LogP contribution in [0.2, 0.25) is 5.02 Å². The van der Waals surface area contributed by atoms with Crippen LogP contribution in [-0.4, -0.2) is 18.4 Å². The number of halogens is 1. The molecule has 1 aromatic heterocycles. The number of hydrogen-bond acceptors (Lipinski definition) is 7. The van der Waals surface area contributed by atoms with E-state index in [4.69, 9.17) is 17.3 Å². The Bertz CT molecular complexity index is 1060. The largest absolute Gasteiger partial charge is 0.393 e. The zero-order chi connectivity index (χ0) is 19.4. The molecule has 5 N–H and O–H groups in total. The quantitative estimate of drug-likeness (QED) is 0.465. The molecule has 8 nitrogen and oxygen atoms in total. The number of aryl methyl sites for hydroxylation is 1. The molecule has 0 aliphatic carbocycles. The summed E-state index contributed by atoms with van der Waals surface area (Å²) in [6, 6.07) is 13.4. The van der Waals surface area contributed by atoms with Crippen LogP contribution < -0.4 is 21.3 Å². The number of nitrogens with zero attached hydrogens (tertiary/aromatic N) is 2. The van der Waals surface area contributed by atoms with E-state index in [-0.39, 0.29) is 16.4 Å². The highest BCUT2D eigenvalue weighted by Gasteiger charge is 2.15. The first kappa shape index (κ1) is 18.9. The van der Waals surface area contributed by atoms with Gasteiger partial charge in [-0.15, -0.1) is 4.83 Å². The molecule has 0 fully saturated rings. The molecule has 0 radical (unpaired) electrons. The number of hydrazine groups is 1. The lowest BCUT2D eigenvalue weighted by Crippen LogP contribution is -2.30. The van der Waals surface area contributed by atoms with Gasteiger partial charge in [-0.25, -0.2) is 18.4 Å². The zero-order valence-electron chi connectivity index (χ0n) is 14.3. The lowest BCUT2D eigenvalue weighted by atomic mass is 10.2. The van der Waals surface area contributed by atoms with Crippen molar-refractivity contribution in [3.05, 3.63) is 65.4 Å². The van der Waals surface area contributed by atoms with Gasteiger partial charge in [-0.2, -0.15) is 0 Å². The molecule has 0 saturated heterocycles. The van der Waals surface area contributed by atoms with Crippen molar-refractivity contribution < 1.29 is 8.42 Å². The van der Waals surface area contributed by atoms with Gasteiger partial charge in [0.2, 0.25) is 0 Å². The highest BCUT2D eigenvalue weighted by molar-refractivity contribution is 7.89. The molecule has 10 heteroatoms. The van der Waals surface area contributed by atoms with Crippen molar-refractivity contribution in [1.29, 1.82) is 0 Å². The maximum atomic E-state index is 12.4. The second kappa shape index (κ2) is 7.78. The minimum absolute atomic E-state index is 0.116. The maximum absolute atomic E-state index is 12.4. The molecule has 0 amide bonds.